The van der Waals surface area contributed by atoms with Crippen molar-refractivity contribution in [3.05, 3.63) is 89.5 Å². The molecule has 0 spiro atoms. The summed E-state index contributed by atoms with van der Waals surface area (Å²) in [5.41, 5.74) is 9.67. The molecule has 0 amide bonds. The van der Waals surface area contributed by atoms with Gasteiger partial charge < -0.3 is 0 Å². The van der Waals surface area contributed by atoms with Gasteiger partial charge in [-0.25, -0.2) is 0 Å². The molecule has 0 aliphatic heterocycles. The van der Waals surface area contributed by atoms with E-state index in [1.54, 1.807) is 0 Å². The largest absolute Gasteiger partial charge is 0.278 e. The Morgan fingerprint density at radius 2 is 1.43 bits per heavy atom. The van der Waals surface area contributed by atoms with Gasteiger partial charge in [-0.05, 0) is 23.8 Å². The van der Waals surface area contributed by atoms with Crippen molar-refractivity contribution in [1.29, 1.82) is 5.26 Å². The molecule has 0 radical (unpaired) electrons. The van der Waals surface area contributed by atoms with E-state index in [1.807, 2.05) is 72.8 Å². The highest BCUT2D eigenvalue weighted by molar-refractivity contribution is 6.25. The molecule has 108 valence electrons. The molecule has 1 aliphatic rings. The summed E-state index contributed by atoms with van der Waals surface area (Å²) < 4.78 is 0. The first-order valence-electron chi connectivity index (χ1n) is 7.40. The number of para-hydroxylation sites is 1. The molecule has 0 saturated heterocycles. The third-order valence-electron chi connectivity index (χ3n) is 3.96. The first-order chi connectivity index (χ1) is 11.4. The highest BCUT2D eigenvalue weighted by Crippen LogP contribution is 2.39. The van der Waals surface area contributed by atoms with E-state index in [9.17, 15) is 5.26 Å². The topological polar surface area (TPSA) is 48.2 Å². The predicted molar refractivity (Wildman–Crippen MR) is 92.3 cm³/mol. The first kappa shape index (κ1) is 13.3. The van der Waals surface area contributed by atoms with Crippen LogP contribution in [0.4, 0.5) is 5.69 Å². The van der Waals surface area contributed by atoms with Crippen LogP contribution in [-0.4, -0.2) is 5.71 Å². The molecule has 3 aromatic rings. The van der Waals surface area contributed by atoms with Crippen LogP contribution in [0, 0.1) is 11.3 Å². The standard InChI is InChI=1S/C20H13N3/c21-13-14-7-6-12-18-19(14)16-10-4-5-11-17(16)20(18)23-22-15-8-2-1-3-9-15/h1-12,22H. The molecule has 0 saturated carbocycles. The summed E-state index contributed by atoms with van der Waals surface area (Å²) in [6.07, 6.45) is 0. The van der Waals surface area contributed by atoms with E-state index >= 15 is 0 Å². The average Bonchev–Trinajstić information content (AvgIpc) is 2.95. The maximum atomic E-state index is 9.42. The minimum Gasteiger partial charge on any atom is -0.278 e. The number of rotatable bonds is 2. The summed E-state index contributed by atoms with van der Waals surface area (Å²) in [6, 6.07) is 26.0. The Labute approximate surface area is 134 Å². The van der Waals surface area contributed by atoms with Crippen LogP contribution in [0.15, 0.2) is 77.9 Å². The maximum Gasteiger partial charge on any atom is 0.0998 e. The molecule has 4 rings (SSSR count). The lowest BCUT2D eigenvalue weighted by molar-refractivity contribution is 1.33. The van der Waals surface area contributed by atoms with Crippen LogP contribution in [0.2, 0.25) is 0 Å². The SMILES string of the molecule is N#Cc1cccc2c1-c1ccccc1C2=NNc1ccccc1. The molecule has 0 unspecified atom stereocenters. The van der Waals surface area contributed by atoms with Crippen molar-refractivity contribution in [3.8, 4) is 17.2 Å². The Hall–Kier alpha value is -3.38. The number of hydrogen-bond donors (Lipinski definition) is 1. The summed E-state index contributed by atoms with van der Waals surface area (Å²) in [7, 11) is 0. The van der Waals surface area contributed by atoms with Crippen LogP contribution < -0.4 is 5.43 Å². The van der Waals surface area contributed by atoms with Gasteiger partial charge in [0.1, 0.15) is 0 Å². The Balaban J connectivity index is 1.88. The Morgan fingerprint density at radius 3 is 2.22 bits per heavy atom. The van der Waals surface area contributed by atoms with Crippen LogP contribution >= 0.6 is 0 Å². The molecule has 3 nitrogen and oxygen atoms in total. The molecule has 1 N–H and O–H groups in total. The zero-order valence-electron chi connectivity index (χ0n) is 12.3. The van der Waals surface area contributed by atoms with Crippen LogP contribution in [-0.2, 0) is 0 Å². The minimum absolute atomic E-state index is 0.680. The number of nitrogens with zero attached hydrogens (tertiary/aromatic N) is 2. The molecule has 3 heteroatoms. The normalized spacial score (nSPS) is 13.3. The second-order valence-electron chi connectivity index (χ2n) is 5.32. The van der Waals surface area contributed by atoms with E-state index in [2.05, 4.69) is 16.6 Å². The van der Waals surface area contributed by atoms with E-state index in [4.69, 9.17) is 0 Å². The van der Waals surface area contributed by atoms with Crippen molar-refractivity contribution in [1.82, 2.24) is 0 Å². The number of fused-ring (bicyclic) bond motifs is 3. The number of hydrazone groups is 1. The fourth-order valence-electron chi connectivity index (χ4n) is 2.94. The molecule has 1 aliphatic carbocycles. The number of hydrogen-bond acceptors (Lipinski definition) is 3. The Morgan fingerprint density at radius 1 is 0.739 bits per heavy atom. The van der Waals surface area contributed by atoms with Gasteiger partial charge in [0.05, 0.1) is 23.0 Å². The molecule has 0 aromatic heterocycles. The number of nitriles is 1. The highest BCUT2D eigenvalue weighted by Gasteiger charge is 2.26. The van der Waals surface area contributed by atoms with Crippen molar-refractivity contribution in [2.24, 2.45) is 5.10 Å². The smallest absolute Gasteiger partial charge is 0.0998 e. The first-order valence-corrected chi connectivity index (χ1v) is 7.40. The summed E-state index contributed by atoms with van der Waals surface area (Å²) in [4.78, 5) is 0. The van der Waals surface area contributed by atoms with Crippen molar-refractivity contribution >= 4 is 11.4 Å². The molecular formula is C20H13N3. The number of anilines is 1. The van der Waals surface area contributed by atoms with Gasteiger partial charge >= 0.3 is 0 Å². The zero-order valence-corrected chi connectivity index (χ0v) is 12.3. The lowest BCUT2D eigenvalue weighted by atomic mass is 10.0. The molecule has 3 aromatic carbocycles. The van der Waals surface area contributed by atoms with E-state index in [-0.39, 0.29) is 0 Å². The lowest BCUT2D eigenvalue weighted by Crippen LogP contribution is -2.02. The van der Waals surface area contributed by atoms with Gasteiger partial charge in [-0.1, -0.05) is 54.6 Å². The van der Waals surface area contributed by atoms with E-state index in [0.29, 0.717) is 5.56 Å². The van der Waals surface area contributed by atoms with E-state index in [1.165, 1.54) is 0 Å². The van der Waals surface area contributed by atoms with Gasteiger partial charge in [0.2, 0.25) is 0 Å². The monoisotopic (exact) mass is 295 g/mol. The number of nitrogens with one attached hydrogen (secondary N) is 1. The summed E-state index contributed by atoms with van der Waals surface area (Å²) in [5.74, 6) is 0. The quantitative estimate of drug-likeness (QED) is 0.557. The molecule has 0 bridgehead atoms. The van der Waals surface area contributed by atoms with E-state index in [0.717, 1.165) is 33.7 Å². The second kappa shape index (κ2) is 5.43. The van der Waals surface area contributed by atoms with Gasteiger partial charge in [-0.3, -0.25) is 5.43 Å². The second-order valence-corrected chi connectivity index (χ2v) is 5.32. The lowest BCUT2D eigenvalue weighted by Gasteiger charge is -2.04. The molecule has 23 heavy (non-hydrogen) atoms. The van der Waals surface area contributed by atoms with Crippen LogP contribution in [0.25, 0.3) is 11.1 Å². The van der Waals surface area contributed by atoms with Gasteiger partial charge in [-0.15, -0.1) is 0 Å². The van der Waals surface area contributed by atoms with Gasteiger partial charge in [0.25, 0.3) is 0 Å². The summed E-state index contributed by atoms with van der Waals surface area (Å²) >= 11 is 0. The van der Waals surface area contributed by atoms with Crippen LogP contribution in [0.3, 0.4) is 0 Å². The minimum atomic E-state index is 0.680. The molecule has 0 fully saturated rings. The van der Waals surface area contributed by atoms with E-state index < -0.39 is 0 Å². The fourth-order valence-corrected chi connectivity index (χ4v) is 2.94. The summed E-state index contributed by atoms with van der Waals surface area (Å²) in [6.45, 7) is 0. The maximum absolute atomic E-state index is 9.42. The average molecular weight is 295 g/mol. The Bertz CT molecular complexity index is 950. The van der Waals surface area contributed by atoms with Gasteiger partial charge in [0, 0.05) is 16.7 Å². The molecular weight excluding hydrogens is 282 g/mol. The van der Waals surface area contributed by atoms with Crippen molar-refractivity contribution in [3.63, 3.8) is 0 Å². The predicted octanol–water partition coefficient (Wildman–Crippen LogP) is 4.40. The third kappa shape index (κ3) is 2.18. The van der Waals surface area contributed by atoms with Crippen molar-refractivity contribution in [2.75, 3.05) is 5.43 Å². The number of benzene rings is 3. The fraction of sp³-hybridized carbons (Fsp3) is 0. The Kier molecular flexibility index (Phi) is 3.14. The van der Waals surface area contributed by atoms with Crippen molar-refractivity contribution in [2.45, 2.75) is 0 Å². The van der Waals surface area contributed by atoms with Crippen LogP contribution in [0.5, 0.6) is 0 Å². The van der Waals surface area contributed by atoms with Gasteiger partial charge in [-0.2, -0.15) is 10.4 Å². The van der Waals surface area contributed by atoms with Crippen molar-refractivity contribution < 1.29 is 0 Å². The molecule has 0 atom stereocenters. The molecule has 0 heterocycles. The third-order valence-corrected chi connectivity index (χ3v) is 3.96. The zero-order chi connectivity index (χ0) is 15.6. The van der Waals surface area contributed by atoms with Gasteiger partial charge in [0.15, 0.2) is 0 Å². The van der Waals surface area contributed by atoms with Crippen LogP contribution in [0.1, 0.15) is 16.7 Å². The summed E-state index contributed by atoms with van der Waals surface area (Å²) in [5, 5.41) is 14.0. The highest BCUT2D eigenvalue weighted by atomic mass is 15.3.